The van der Waals surface area contributed by atoms with E-state index in [1.54, 1.807) is 19.2 Å². The first-order valence-electron chi connectivity index (χ1n) is 10.8. The van der Waals surface area contributed by atoms with E-state index in [2.05, 4.69) is 49.4 Å². The van der Waals surface area contributed by atoms with Crippen molar-refractivity contribution in [3.8, 4) is 5.75 Å². The summed E-state index contributed by atoms with van der Waals surface area (Å²) in [6, 6.07) is 9.54. The highest BCUT2D eigenvalue weighted by molar-refractivity contribution is 7.89. The van der Waals surface area contributed by atoms with Gasteiger partial charge < -0.3 is 9.30 Å². The third-order valence-electron chi connectivity index (χ3n) is 5.61. The highest BCUT2D eigenvalue weighted by atomic mass is 32.2. The van der Waals surface area contributed by atoms with Gasteiger partial charge in [0.05, 0.1) is 29.6 Å². The number of hydrogen-bond acceptors (Lipinski definition) is 5. The molecule has 0 saturated heterocycles. The molecular formula is C24H34N4O3S. The van der Waals surface area contributed by atoms with Crippen LogP contribution in [0, 0.1) is 13.8 Å². The normalized spacial score (nSPS) is 12.3. The fraction of sp³-hybridized carbons (Fsp3) is 0.458. The number of fused-ring (bicyclic) bond motifs is 1. The Morgan fingerprint density at radius 2 is 1.69 bits per heavy atom. The minimum atomic E-state index is -3.50. The van der Waals surface area contributed by atoms with Crippen molar-refractivity contribution in [1.82, 2.24) is 18.8 Å². The molecule has 0 aliphatic heterocycles. The van der Waals surface area contributed by atoms with Crippen molar-refractivity contribution in [2.75, 3.05) is 28.3 Å². The van der Waals surface area contributed by atoms with Crippen molar-refractivity contribution >= 4 is 21.1 Å². The lowest BCUT2D eigenvalue weighted by Crippen LogP contribution is -2.22. The van der Waals surface area contributed by atoms with Crippen LogP contribution < -0.4 is 4.74 Å². The third kappa shape index (κ3) is 4.82. The molecule has 0 spiro atoms. The van der Waals surface area contributed by atoms with Crippen LogP contribution in [0.25, 0.3) is 11.0 Å². The molecule has 8 heteroatoms. The smallest absolute Gasteiger partial charge is 0.242 e. The average Bonchev–Trinajstić information content (AvgIpc) is 3.04. The predicted molar refractivity (Wildman–Crippen MR) is 129 cm³/mol. The summed E-state index contributed by atoms with van der Waals surface area (Å²) in [6.07, 6.45) is 0.969. The zero-order valence-corrected chi connectivity index (χ0v) is 21.0. The van der Waals surface area contributed by atoms with E-state index in [0.717, 1.165) is 47.7 Å². The van der Waals surface area contributed by atoms with Crippen LogP contribution >= 0.6 is 0 Å². The van der Waals surface area contributed by atoms with E-state index in [1.807, 2.05) is 6.07 Å². The van der Waals surface area contributed by atoms with E-state index in [-0.39, 0.29) is 4.90 Å². The lowest BCUT2D eigenvalue weighted by Gasteiger charge is -2.19. The van der Waals surface area contributed by atoms with Gasteiger partial charge in [-0.3, -0.25) is 4.90 Å². The maximum absolute atomic E-state index is 12.5. The van der Waals surface area contributed by atoms with Gasteiger partial charge in [-0.05, 0) is 62.2 Å². The van der Waals surface area contributed by atoms with E-state index < -0.39 is 10.0 Å². The van der Waals surface area contributed by atoms with Gasteiger partial charge in [-0.25, -0.2) is 17.7 Å². The Hall–Kier alpha value is -2.42. The Morgan fingerprint density at radius 3 is 2.25 bits per heavy atom. The molecular weight excluding hydrogens is 424 g/mol. The van der Waals surface area contributed by atoms with Crippen molar-refractivity contribution in [3.63, 3.8) is 0 Å². The minimum Gasteiger partial charge on any atom is -0.496 e. The Morgan fingerprint density at radius 1 is 1.03 bits per heavy atom. The number of rotatable bonds is 9. The number of hydrogen-bond donors (Lipinski definition) is 0. The summed E-state index contributed by atoms with van der Waals surface area (Å²) in [6.45, 7) is 8.54. The van der Waals surface area contributed by atoms with Crippen LogP contribution in [0.4, 0.5) is 0 Å². The van der Waals surface area contributed by atoms with Crippen molar-refractivity contribution in [3.05, 3.63) is 52.8 Å². The van der Waals surface area contributed by atoms with Gasteiger partial charge in [-0.2, -0.15) is 0 Å². The number of aromatic nitrogens is 2. The van der Waals surface area contributed by atoms with Crippen molar-refractivity contribution in [2.45, 2.75) is 51.7 Å². The molecule has 1 heterocycles. The molecule has 3 aromatic rings. The first-order valence-corrected chi connectivity index (χ1v) is 12.3. The van der Waals surface area contributed by atoms with Gasteiger partial charge in [0, 0.05) is 27.2 Å². The standard InChI is InChI=1S/C24H34N4O3S/c1-8-11-28-22-10-9-20(32(29,30)26(4)5)14-21(22)25-23(28)16-27(6)15-19-12-17(2)24(31-7)18(3)13-19/h9-10,12-14H,8,11,15-16H2,1-7H3. The van der Waals surface area contributed by atoms with Crippen LogP contribution in [-0.4, -0.2) is 55.4 Å². The molecule has 0 amide bonds. The van der Waals surface area contributed by atoms with Crippen LogP contribution in [0.5, 0.6) is 5.75 Å². The minimum absolute atomic E-state index is 0.264. The third-order valence-corrected chi connectivity index (χ3v) is 7.42. The van der Waals surface area contributed by atoms with Crippen molar-refractivity contribution in [1.29, 1.82) is 0 Å². The second-order valence-corrected chi connectivity index (χ2v) is 10.7. The molecule has 0 radical (unpaired) electrons. The number of nitrogens with zero attached hydrogens (tertiary/aromatic N) is 4. The van der Waals surface area contributed by atoms with Crippen LogP contribution in [-0.2, 0) is 29.7 Å². The first kappa shape index (κ1) is 24.2. The molecule has 7 nitrogen and oxygen atoms in total. The van der Waals surface area contributed by atoms with Crippen LogP contribution in [0.1, 0.15) is 35.9 Å². The fourth-order valence-electron chi connectivity index (χ4n) is 4.19. The number of imidazole rings is 1. The molecule has 1 aromatic heterocycles. The summed E-state index contributed by atoms with van der Waals surface area (Å²) in [5, 5.41) is 0. The Bertz CT molecular complexity index is 1190. The first-order chi connectivity index (χ1) is 15.1. The summed E-state index contributed by atoms with van der Waals surface area (Å²) in [5.41, 5.74) is 5.15. The van der Waals surface area contributed by atoms with Crippen molar-refractivity contribution < 1.29 is 13.2 Å². The van der Waals surface area contributed by atoms with E-state index in [0.29, 0.717) is 12.1 Å². The van der Waals surface area contributed by atoms with Gasteiger partial charge in [0.25, 0.3) is 0 Å². The molecule has 0 saturated carbocycles. The predicted octanol–water partition coefficient (Wildman–Crippen LogP) is 3.95. The van der Waals surface area contributed by atoms with E-state index in [9.17, 15) is 8.42 Å². The van der Waals surface area contributed by atoms with Crippen LogP contribution in [0.3, 0.4) is 0 Å². The Labute approximate surface area is 191 Å². The van der Waals surface area contributed by atoms with Gasteiger partial charge in [-0.15, -0.1) is 0 Å². The zero-order valence-electron chi connectivity index (χ0n) is 20.1. The molecule has 0 N–H and O–H groups in total. The summed E-state index contributed by atoms with van der Waals surface area (Å²) in [4.78, 5) is 7.32. The largest absolute Gasteiger partial charge is 0.496 e. The Balaban J connectivity index is 1.91. The lowest BCUT2D eigenvalue weighted by molar-refractivity contribution is 0.305. The van der Waals surface area contributed by atoms with E-state index >= 15 is 0 Å². The topological polar surface area (TPSA) is 67.7 Å². The van der Waals surface area contributed by atoms with E-state index in [1.165, 1.54) is 24.0 Å². The van der Waals surface area contributed by atoms with Crippen LogP contribution in [0.2, 0.25) is 0 Å². The number of aryl methyl sites for hydroxylation is 3. The quantitative estimate of drug-likeness (QED) is 0.486. The molecule has 2 aromatic carbocycles. The van der Waals surface area contributed by atoms with E-state index in [4.69, 9.17) is 9.72 Å². The molecule has 0 fully saturated rings. The monoisotopic (exact) mass is 458 g/mol. The number of sulfonamides is 1. The molecule has 0 aliphatic rings. The lowest BCUT2D eigenvalue weighted by atomic mass is 10.1. The zero-order chi connectivity index (χ0) is 23.6. The average molecular weight is 459 g/mol. The Kier molecular flexibility index (Phi) is 7.27. The van der Waals surface area contributed by atoms with Gasteiger partial charge in [0.2, 0.25) is 10.0 Å². The van der Waals surface area contributed by atoms with Gasteiger partial charge in [0.1, 0.15) is 11.6 Å². The molecule has 0 unspecified atom stereocenters. The highest BCUT2D eigenvalue weighted by Crippen LogP contribution is 2.26. The van der Waals surface area contributed by atoms with Crippen molar-refractivity contribution in [2.24, 2.45) is 0 Å². The summed E-state index contributed by atoms with van der Waals surface area (Å²) in [5.74, 6) is 1.87. The SMILES string of the molecule is CCCn1c(CN(C)Cc2cc(C)c(OC)c(C)c2)nc2cc(S(=O)(=O)N(C)C)ccc21. The maximum Gasteiger partial charge on any atom is 0.242 e. The second-order valence-electron chi connectivity index (χ2n) is 8.55. The highest BCUT2D eigenvalue weighted by Gasteiger charge is 2.20. The molecule has 174 valence electrons. The summed E-state index contributed by atoms with van der Waals surface area (Å²) in [7, 11) is 3.36. The van der Waals surface area contributed by atoms with Gasteiger partial charge in [-0.1, -0.05) is 19.1 Å². The van der Waals surface area contributed by atoms with Crippen LogP contribution in [0.15, 0.2) is 35.2 Å². The number of benzene rings is 2. The number of ether oxygens (including phenoxy) is 1. The second kappa shape index (κ2) is 9.60. The molecule has 3 rings (SSSR count). The molecule has 32 heavy (non-hydrogen) atoms. The molecule has 0 atom stereocenters. The maximum atomic E-state index is 12.5. The molecule has 0 bridgehead atoms. The number of methoxy groups -OCH3 is 1. The van der Waals surface area contributed by atoms with Gasteiger partial charge in [0.15, 0.2) is 0 Å². The summed E-state index contributed by atoms with van der Waals surface area (Å²) < 4.78 is 34.0. The molecule has 0 aliphatic carbocycles. The summed E-state index contributed by atoms with van der Waals surface area (Å²) >= 11 is 0. The van der Waals surface area contributed by atoms with Gasteiger partial charge >= 0.3 is 0 Å². The fourth-order valence-corrected chi connectivity index (χ4v) is 5.11.